The summed E-state index contributed by atoms with van der Waals surface area (Å²) in [7, 11) is 0. The quantitative estimate of drug-likeness (QED) is 0.781. The number of rotatable bonds is 2. The molecule has 15 heavy (non-hydrogen) atoms. The second-order valence-corrected chi connectivity index (χ2v) is 3.42. The SMILES string of the molecule is Cl.O=C(C1=CNCCC1)c1ccccc1. The van der Waals surface area contributed by atoms with Crippen LogP contribution in [0.15, 0.2) is 42.1 Å². The van der Waals surface area contributed by atoms with Crippen LogP contribution < -0.4 is 5.32 Å². The standard InChI is InChI=1S/C12H13NO.ClH/c14-12(10-5-2-1-3-6-10)11-7-4-8-13-9-11;/h1-3,5-6,9,13H,4,7-8H2;1H. The molecule has 3 heteroatoms. The number of carbonyl (C=O) groups excluding carboxylic acids is 1. The van der Waals surface area contributed by atoms with E-state index in [-0.39, 0.29) is 18.2 Å². The summed E-state index contributed by atoms with van der Waals surface area (Å²) >= 11 is 0. The van der Waals surface area contributed by atoms with E-state index < -0.39 is 0 Å². The van der Waals surface area contributed by atoms with Crippen LogP contribution in [0, 0.1) is 0 Å². The van der Waals surface area contributed by atoms with Gasteiger partial charge < -0.3 is 5.32 Å². The molecule has 1 aliphatic rings. The van der Waals surface area contributed by atoms with Crippen molar-refractivity contribution < 1.29 is 4.79 Å². The summed E-state index contributed by atoms with van der Waals surface area (Å²) in [4.78, 5) is 11.9. The lowest BCUT2D eigenvalue weighted by Crippen LogP contribution is -2.18. The van der Waals surface area contributed by atoms with E-state index in [4.69, 9.17) is 0 Å². The maximum absolute atomic E-state index is 11.9. The van der Waals surface area contributed by atoms with Crippen molar-refractivity contribution in [3.8, 4) is 0 Å². The minimum Gasteiger partial charge on any atom is -0.391 e. The van der Waals surface area contributed by atoms with Gasteiger partial charge in [-0.05, 0) is 12.8 Å². The highest BCUT2D eigenvalue weighted by atomic mass is 35.5. The summed E-state index contributed by atoms with van der Waals surface area (Å²) in [6.45, 7) is 0.978. The van der Waals surface area contributed by atoms with Crippen molar-refractivity contribution in [1.82, 2.24) is 5.32 Å². The van der Waals surface area contributed by atoms with E-state index in [1.54, 1.807) is 0 Å². The number of carbonyl (C=O) groups is 1. The minimum atomic E-state index is 0. The van der Waals surface area contributed by atoms with Crippen molar-refractivity contribution in [2.45, 2.75) is 12.8 Å². The van der Waals surface area contributed by atoms with E-state index >= 15 is 0 Å². The first-order valence-electron chi connectivity index (χ1n) is 4.90. The van der Waals surface area contributed by atoms with E-state index in [2.05, 4.69) is 5.32 Å². The van der Waals surface area contributed by atoms with Crippen LogP contribution in [-0.2, 0) is 0 Å². The summed E-state index contributed by atoms with van der Waals surface area (Å²) in [5.41, 5.74) is 1.67. The molecule has 1 aromatic carbocycles. The molecule has 0 unspecified atom stereocenters. The van der Waals surface area contributed by atoms with E-state index in [0.29, 0.717) is 0 Å². The van der Waals surface area contributed by atoms with Gasteiger partial charge in [-0.2, -0.15) is 0 Å². The van der Waals surface area contributed by atoms with E-state index in [1.807, 2.05) is 36.5 Å². The van der Waals surface area contributed by atoms with Crippen LogP contribution in [0.5, 0.6) is 0 Å². The van der Waals surface area contributed by atoms with Gasteiger partial charge in [0.25, 0.3) is 0 Å². The predicted octanol–water partition coefficient (Wildman–Crippen LogP) is 2.56. The number of allylic oxidation sites excluding steroid dienone is 1. The van der Waals surface area contributed by atoms with Gasteiger partial charge in [-0.3, -0.25) is 4.79 Å². The van der Waals surface area contributed by atoms with Crippen molar-refractivity contribution in [2.24, 2.45) is 0 Å². The van der Waals surface area contributed by atoms with Crippen molar-refractivity contribution in [2.75, 3.05) is 6.54 Å². The molecule has 0 aliphatic carbocycles. The molecule has 0 bridgehead atoms. The van der Waals surface area contributed by atoms with Crippen LogP contribution in [0.25, 0.3) is 0 Å². The number of benzene rings is 1. The lowest BCUT2D eigenvalue weighted by atomic mass is 9.99. The van der Waals surface area contributed by atoms with Crippen LogP contribution in [0.3, 0.4) is 0 Å². The first-order valence-corrected chi connectivity index (χ1v) is 4.90. The molecular weight excluding hydrogens is 210 g/mol. The number of hydrogen-bond donors (Lipinski definition) is 1. The zero-order valence-corrected chi connectivity index (χ0v) is 9.22. The van der Waals surface area contributed by atoms with Crippen molar-refractivity contribution in [1.29, 1.82) is 0 Å². The third-order valence-electron chi connectivity index (χ3n) is 2.37. The number of halogens is 1. The maximum Gasteiger partial charge on any atom is 0.190 e. The normalized spacial score (nSPS) is 14.5. The smallest absolute Gasteiger partial charge is 0.190 e. The summed E-state index contributed by atoms with van der Waals surface area (Å²) in [5, 5.41) is 3.10. The summed E-state index contributed by atoms with van der Waals surface area (Å²) in [6, 6.07) is 9.42. The van der Waals surface area contributed by atoms with E-state index in [9.17, 15) is 4.79 Å². The Balaban J connectivity index is 0.00000112. The highest BCUT2D eigenvalue weighted by Gasteiger charge is 2.13. The van der Waals surface area contributed by atoms with Crippen molar-refractivity contribution >= 4 is 18.2 Å². The van der Waals surface area contributed by atoms with Gasteiger partial charge >= 0.3 is 0 Å². The first kappa shape index (κ1) is 11.8. The Morgan fingerprint density at radius 2 is 1.93 bits per heavy atom. The van der Waals surface area contributed by atoms with Crippen LogP contribution in [0.4, 0.5) is 0 Å². The molecule has 0 saturated carbocycles. The van der Waals surface area contributed by atoms with Gasteiger partial charge in [-0.15, -0.1) is 12.4 Å². The number of nitrogens with one attached hydrogen (secondary N) is 1. The Bertz CT molecular complexity index is 359. The largest absolute Gasteiger partial charge is 0.391 e. The van der Waals surface area contributed by atoms with Crippen LogP contribution in [0.2, 0.25) is 0 Å². The Kier molecular flexibility index (Phi) is 4.37. The van der Waals surface area contributed by atoms with Gasteiger partial charge in [0.2, 0.25) is 0 Å². The molecule has 80 valence electrons. The lowest BCUT2D eigenvalue weighted by molar-refractivity contribution is 0.102. The fraction of sp³-hybridized carbons (Fsp3) is 0.250. The molecule has 1 heterocycles. The van der Waals surface area contributed by atoms with Gasteiger partial charge in [0.05, 0.1) is 0 Å². The van der Waals surface area contributed by atoms with Gasteiger partial charge in [0.15, 0.2) is 5.78 Å². The molecule has 1 N–H and O–H groups in total. The second-order valence-electron chi connectivity index (χ2n) is 3.42. The molecule has 0 amide bonds. The molecule has 0 atom stereocenters. The Morgan fingerprint density at radius 3 is 2.53 bits per heavy atom. The Labute approximate surface area is 95.8 Å². The average molecular weight is 224 g/mol. The zero-order chi connectivity index (χ0) is 9.80. The number of hydrogen-bond acceptors (Lipinski definition) is 2. The third kappa shape index (κ3) is 2.83. The molecule has 2 nitrogen and oxygen atoms in total. The second kappa shape index (κ2) is 5.56. The van der Waals surface area contributed by atoms with Gasteiger partial charge in [-0.1, -0.05) is 30.3 Å². The van der Waals surface area contributed by atoms with Crippen LogP contribution >= 0.6 is 12.4 Å². The third-order valence-corrected chi connectivity index (χ3v) is 2.37. The molecule has 0 saturated heterocycles. The van der Waals surface area contributed by atoms with E-state index in [1.165, 1.54) is 0 Å². The monoisotopic (exact) mass is 223 g/mol. The minimum absolute atomic E-state index is 0. The number of Topliss-reactive ketones (excluding diaryl/α,β-unsaturated/α-hetero) is 1. The Hall–Kier alpha value is -1.28. The average Bonchev–Trinajstić information content (AvgIpc) is 2.30. The van der Waals surface area contributed by atoms with Gasteiger partial charge in [0, 0.05) is 23.9 Å². The van der Waals surface area contributed by atoms with Crippen LogP contribution in [0.1, 0.15) is 23.2 Å². The zero-order valence-electron chi connectivity index (χ0n) is 8.40. The van der Waals surface area contributed by atoms with Gasteiger partial charge in [-0.25, -0.2) is 0 Å². The topological polar surface area (TPSA) is 29.1 Å². The molecule has 0 aromatic heterocycles. The van der Waals surface area contributed by atoms with Crippen molar-refractivity contribution in [3.63, 3.8) is 0 Å². The summed E-state index contributed by atoms with van der Waals surface area (Å²) in [5.74, 6) is 0.151. The first-order chi connectivity index (χ1) is 6.88. The molecule has 0 spiro atoms. The molecule has 2 rings (SSSR count). The lowest BCUT2D eigenvalue weighted by Gasteiger charge is -2.12. The van der Waals surface area contributed by atoms with Gasteiger partial charge in [0.1, 0.15) is 0 Å². The summed E-state index contributed by atoms with van der Waals surface area (Å²) in [6.07, 6.45) is 3.78. The predicted molar refractivity (Wildman–Crippen MR) is 63.3 cm³/mol. The van der Waals surface area contributed by atoms with Crippen molar-refractivity contribution in [3.05, 3.63) is 47.7 Å². The number of ketones is 1. The molecule has 1 aromatic rings. The molecule has 1 aliphatic heterocycles. The highest BCUT2D eigenvalue weighted by Crippen LogP contribution is 2.14. The van der Waals surface area contributed by atoms with E-state index in [0.717, 1.165) is 30.5 Å². The maximum atomic E-state index is 11.9. The highest BCUT2D eigenvalue weighted by molar-refractivity contribution is 6.08. The molecule has 0 radical (unpaired) electrons. The molecule has 0 fully saturated rings. The Morgan fingerprint density at radius 1 is 1.20 bits per heavy atom. The summed E-state index contributed by atoms with van der Waals surface area (Å²) < 4.78 is 0. The fourth-order valence-electron chi connectivity index (χ4n) is 1.60. The fourth-order valence-corrected chi connectivity index (χ4v) is 1.60. The van der Waals surface area contributed by atoms with Crippen LogP contribution in [-0.4, -0.2) is 12.3 Å². The molecular formula is C12H14ClNO.